The van der Waals surface area contributed by atoms with Gasteiger partial charge in [-0.25, -0.2) is 0 Å². The predicted octanol–water partition coefficient (Wildman–Crippen LogP) is 3.78. The first kappa shape index (κ1) is 18.3. The first-order valence-corrected chi connectivity index (χ1v) is 8.95. The number of benzene rings is 2. The molecule has 0 bridgehead atoms. The zero-order valence-electron chi connectivity index (χ0n) is 15.3. The van der Waals surface area contributed by atoms with Gasteiger partial charge in [-0.3, -0.25) is 4.79 Å². The van der Waals surface area contributed by atoms with Crippen LogP contribution < -0.4 is 14.8 Å². The first-order chi connectivity index (χ1) is 12.7. The third-order valence-corrected chi connectivity index (χ3v) is 4.86. The van der Waals surface area contributed by atoms with Gasteiger partial charge in [-0.15, -0.1) is 0 Å². The minimum absolute atomic E-state index is 0.0295. The van der Waals surface area contributed by atoms with Crippen LogP contribution in [0.4, 0.5) is 5.69 Å². The second-order valence-electron chi connectivity index (χ2n) is 6.31. The number of hydrogen-bond acceptors (Lipinski definition) is 4. The largest absolute Gasteiger partial charge is 0.497 e. The number of anilines is 1. The van der Waals surface area contributed by atoms with E-state index in [1.165, 1.54) is 0 Å². The van der Waals surface area contributed by atoms with Crippen LogP contribution in [0.3, 0.4) is 0 Å². The molecule has 0 unspecified atom stereocenters. The molecule has 0 atom stereocenters. The van der Waals surface area contributed by atoms with Crippen LogP contribution in [0.2, 0.25) is 0 Å². The fraction of sp³-hybridized carbons (Fsp3) is 0.381. The van der Waals surface area contributed by atoms with Crippen LogP contribution in [-0.2, 0) is 14.9 Å². The average molecular weight is 355 g/mol. The second kappa shape index (κ2) is 8.23. The first-order valence-electron chi connectivity index (χ1n) is 8.95. The highest BCUT2D eigenvalue weighted by molar-refractivity contribution is 6.00. The highest BCUT2D eigenvalue weighted by Gasteiger charge is 2.42. The normalized spacial score (nSPS) is 15.9. The van der Waals surface area contributed by atoms with Crippen molar-refractivity contribution in [2.45, 2.75) is 25.2 Å². The molecule has 0 aromatic heterocycles. The molecule has 5 nitrogen and oxygen atoms in total. The van der Waals surface area contributed by atoms with Gasteiger partial charge in [0.05, 0.1) is 24.8 Å². The maximum Gasteiger partial charge on any atom is 0.235 e. The average Bonchev–Trinajstić information content (AvgIpc) is 2.70. The van der Waals surface area contributed by atoms with Gasteiger partial charge in [0.25, 0.3) is 0 Å². The van der Waals surface area contributed by atoms with E-state index in [0.29, 0.717) is 44.1 Å². The molecule has 0 aliphatic carbocycles. The van der Waals surface area contributed by atoms with E-state index in [1.807, 2.05) is 55.5 Å². The lowest BCUT2D eigenvalue weighted by Crippen LogP contribution is -2.44. The van der Waals surface area contributed by atoms with Gasteiger partial charge in [-0.2, -0.15) is 0 Å². The van der Waals surface area contributed by atoms with E-state index in [-0.39, 0.29) is 5.91 Å². The highest BCUT2D eigenvalue weighted by Crippen LogP contribution is 2.37. The van der Waals surface area contributed by atoms with E-state index in [0.717, 1.165) is 11.3 Å². The molecule has 3 rings (SSSR count). The summed E-state index contributed by atoms with van der Waals surface area (Å²) in [5.41, 5.74) is 1.05. The number of methoxy groups -OCH3 is 1. The van der Waals surface area contributed by atoms with Crippen molar-refractivity contribution in [3.05, 3.63) is 54.1 Å². The fourth-order valence-electron chi connectivity index (χ4n) is 3.37. The molecule has 2 aromatic rings. The summed E-state index contributed by atoms with van der Waals surface area (Å²) in [4.78, 5) is 13.3. The summed E-state index contributed by atoms with van der Waals surface area (Å²) in [7, 11) is 1.64. The van der Waals surface area contributed by atoms with Crippen molar-refractivity contribution in [2.75, 3.05) is 32.2 Å². The van der Waals surface area contributed by atoms with Gasteiger partial charge in [0.15, 0.2) is 0 Å². The minimum atomic E-state index is -0.621. The Balaban J connectivity index is 1.91. The maximum absolute atomic E-state index is 13.3. The molecule has 1 aliphatic rings. The monoisotopic (exact) mass is 355 g/mol. The Morgan fingerprint density at radius 2 is 1.81 bits per heavy atom. The van der Waals surface area contributed by atoms with Gasteiger partial charge in [0, 0.05) is 13.2 Å². The van der Waals surface area contributed by atoms with Crippen LogP contribution in [0, 0.1) is 0 Å². The molecule has 2 aromatic carbocycles. The van der Waals surface area contributed by atoms with E-state index >= 15 is 0 Å². The van der Waals surface area contributed by atoms with E-state index in [2.05, 4.69) is 5.32 Å². The Morgan fingerprint density at radius 3 is 2.46 bits per heavy atom. The zero-order chi connectivity index (χ0) is 18.4. The SMILES string of the molecule is CCOc1ccccc1NC(=O)C1(c2ccc(OC)cc2)CCOCC1. The van der Waals surface area contributed by atoms with Crippen LogP contribution >= 0.6 is 0 Å². The standard InChI is InChI=1S/C21H25NO4/c1-3-26-19-7-5-4-6-18(19)22-20(23)21(12-14-25-15-13-21)16-8-10-17(24-2)11-9-16/h4-11H,3,12-15H2,1-2H3,(H,22,23). The Hall–Kier alpha value is -2.53. The van der Waals surface area contributed by atoms with E-state index in [4.69, 9.17) is 14.2 Å². The van der Waals surface area contributed by atoms with E-state index in [9.17, 15) is 4.79 Å². The Bertz CT molecular complexity index is 736. The number of para-hydroxylation sites is 2. The van der Waals surface area contributed by atoms with Crippen LogP contribution in [0.15, 0.2) is 48.5 Å². The molecule has 26 heavy (non-hydrogen) atoms. The van der Waals surface area contributed by atoms with Crippen molar-refractivity contribution in [1.82, 2.24) is 0 Å². The summed E-state index contributed by atoms with van der Waals surface area (Å²) in [5.74, 6) is 1.43. The highest BCUT2D eigenvalue weighted by atomic mass is 16.5. The summed E-state index contributed by atoms with van der Waals surface area (Å²) in [6.45, 7) is 3.60. The molecule has 1 aliphatic heterocycles. The van der Waals surface area contributed by atoms with Crippen LogP contribution in [-0.4, -0.2) is 32.8 Å². The molecule has 5 heteroatoms. The zero-order valence-corrected chi connectivity index (χ0v) is 15.3. The van der Waals surface area contributed by atoms with Gasteiger partial charge < -0.3 is 19.5 Å². The molecule has 1 saturated heterocycles. The van der Waals surface area contributed by atoms with Gasteiger partial charge in [-0.05, 0) is 49.6 Å². The van der Waals surface area contributed by atoms with Gasteiger partial charge >= 0.3 is 0 Å². The van der Waals surface area contributed by atoms with Gasteiger partial charge in [0.2, 0.25) is 5.91 Å². The van der Waals surface area contributed by atoms with Crippen molar-refractivity contribution in [1.29, 1.82) is 0 Å². The number of rotatable bonds is 6. The maximum atomic E-state index is 13.3. The molecular weight excluding hydrogens is 330 g/mol. The summed E-state index contributed by atoms with van der Waals surface area (Å²) >= 11 is 0. The van der Waals surface area contributed by atoms with Crippen LogP contribution in [0.5, 0.6) is 11.5 Å². The predicted molar refractivity (Wildman–Crippen MR) is 101 cm³/mol. The molecule has 138 valence electrons. The number of hydrogen-bond donors (Lipinski definition) is 1. The molecule has 1 N–H and O–H groups in total. The summed E-state index contributed by atoms with van der Waals surface area (Å²) < 4.78 is 16.4. The molecule has 0 saturated carbocycles. The Morgan fingerprint density at radius 1 is 1.12 bits per heavy atom. The molecule has 1 fully saturated rings. The van der Waals surface area contributed by atoms with E-state index in [1.54, 1.807) is 7.11 Å². The molecule has 1 heterocycles. The van der Waals surface area contributed by atoms with Crippen molar-refractivity contribution < 1.29 is 19.0 Å². The molecule has 0 radical (unpaired) electrons. The third-order valence-electron chi connectivity index (χ3n) is 4.86. The molecule has 1 amide bonds. The van der Waals surface area contributed by atoms with E-state index < -0.39 is 5.41 Å². The lowest BCUT2D eigenvalue weighted by Gasteiger charge is -2.36. The number of carbonyl (C=O) groups excluding carboxylic acids is 1. The summed E-state index contributed by atoms with van der Waals surface area (Å²) in [5, 5.41) is 3.08. The van der Waals surface area contributed by atoms with Crippen LogP contribution in [0.25, 0.3) is 0 Å². The smallest absolute Gasteiger partial charge is 0.235 e. The lowest BCUT2D eigenvalue weighted by molar-refractivity contribution is -0.125. The van der Waals surface area contributed by atoms with Crippen molar-refractivity contribution >= 4 is 11.6 Å². The minimum Gasteiger partial charge on any atom is -0.497 e. The Labute approximate surface area is 154 Å². The van der Waals surface area contributed by atoms with Crippen molar-refractivity contribution in [3.63, 3.8) is 0 Å². The quantitative estimate of drug-likeness (QED) is 0.857. The van der Waals surface area contributed by atoms with Crippen molar-refractivity contribution in [2.24, 2.45) is 0 Å². The lowest BCUT2D eigenvalue weighted by atomic mass is 9.73. The summed E-state index contributed by atoms with van der Waals surface area (Å²) in [6, 6.07) is 15.3. The number of ether oxygens (including phenoxy) is 3. The van der Waals surface area contributed by atoms with Gasteiger partial charge in [0.1, 0.15) is 11.5 Å². The second-order valence-corrected chi connectivity index (χ2v) is 6.31. The number of amides is 1. The topological polar surface area (TPSA) is 56.8 Å². The van der Waals surface area contributed by atoms with Crippen molar-refractivity contribution in [3.8, 4) is 11.5 Å². The molecule has 0 spiro atoms. The van der Waals surface area contributed by atoms with Gasteiger partial charge in [-0.1, -0.05) is 24.3 Å². The summed E-state index contributed by atoms with van der Waals surface area (Å²) in [6.07, 6.45) is 1.28. The number of carbonyl (C=O) groups is 1. The molecular formula is C21H25NO4. The Kier molecular flexibility index (Phi) is 5.78. The fourth-order valence-corrected chi connectivity index (χ4v) is 3.37. The van der Waals surface area contributed by atoms with Crippen LogP contribution in [0.1, 0.15) is 25.3 Å². The third kappa shape index (κ3) is 3.68. The number of nitrogens with one attached hydrogen (secondary N) is 1.